The van der Waals surface area contributed by atoms with E-state index in [1.807, 2.05) is 0 Å². The lowest BCUT2D eigenvalue weighted by atomic mass is 9.95. The minimum absolute atomic E-state index is 0.00667. The maximum atomic E-state index is 10.7. The van der Waals surface area contributed by atoms with Gasteiger partial charge in [0.15, 0.2) is 0 Å². The van der Waals surface area contributed by atoms with Crippen molar-refractivity contribution in [3.8, 4) is 0 Å². The lowest BCUT2D eigenvalue weighted by Crippen LogP contribution is -2.12. The van der Waals surface area contributed by atoms with E-state index in [4.69, 9.17) is 11.6 Å². The Labute approximate surface area is 92.6 Å². The zero-order chi connectivity index (χ0) is 11.6. The third-order valence-electron chi connectivity index (χ3n) is 2.40. The molecule has 0 aliphatic carbocycles. The maximum absolute atomic E-state index is 10.7. The highest BCUT2D eigenvalue weighted by molar-refractivity contribution is 6.30. The zero-order valence-electron chi connectivity index (χ0n) is 8.48. The van der Waals surface area contributed by atoms with Crippen LogP contribution in [0.1, 0.15) is 25.3 Å². The molecule has 2 atom stereocenters. The van der Waals surface area contributed by atoms with Crippen LogP contribution in [0.2, 0.25) is 5.02 Å². The first-order chi connectivity index (χ1) is 6.93. The van der Waals surface area contributed by atoms with Crippen LogP contribution in [0.25, 0.3) is 0 Å². The van der Waals surface area contributed by atoms with Gasteiger partial charge in [0.05, 0.1) is 11.0 Å². The molecule has 15 heavy (non-hydrogen) atoms. The minimum atomic E-state index is -0.651. The number of nitro benzene ring substituents is 1. The Morgan fingerprint density at radius 2 is 2.07 bits per heavy atom. The highest BCUT2D eigenvalue weighted by atomic mass is 35.5. The van der Waals surface area contributed by atoms with Gasteiger partial charge in [0.1, 0.15) is 0 Å². The van der Waals surface area contributed by atoms with E-state index in [0.717, 1.165) is 0 Å². The molecule has 4 nitrogen and oxygen atoms in total. The van der Waals surface area contributed by atoms with E-state index in [1.54, 1.807) is 13.8 Å². The van der Waals surface area contributed by atoms with Crippen molar-refractivity contribution in [1.82, 2.24) is 0 Å². The molecule has 82 valence electrons. The molecular formula is C10H12ClNO3. The first-order valence-electron chi connectivity index (χ1n) is 4.55. The fourth-order valence-corrected chi connectivity index (χ4v) is 1.50. The van der Waals surface area contributed by atoms with Crippen molar-refractivity contribution >= 4 is 17.3 Å². The second kappa shape index (κ2) is 4.59. The highest BCUT2D eigenvalue weighted by Gasteiger charge is 2.22. The number of aliphatic hydroxyl groups is 1. The summed E-state index contributed by atoms with van der Waals surface area (Å²) >= 11 is 5.77. The van der Waals surface area contributed by atoms with Gasteiger partial charge in [-0.3, -0.25) is 10.1 Å². The lowest BCUT2D eigenvalue weighted by Gasteiger charge is -2.15. The highest BCUT2D eigenvalue weighted by Crippen LogP contribution is 2.31. The molecule has 0 fully saturated rings. The Kier molecular flexibility index (Phi) is 3.66. The molecule has 1 N–H and O–H groups in total. The number of hydrogen-bond donors (Lipinski definition) is 1. The van der Waals surface area contributed by atoms with E-state index in [9.17, 15) is 15.2 Å². The summed E-state index contributed by atoms with van der Waals surface area (Å²) in [5, 5.41) is 20.6. The molecule has 2 unspecified atom stereocenters. The predicted octanol–water partition coefficient (Wildman–Crippen LogP) is 2.73. The first-order valence-corrected chi connectivity index (χ1v) is 4.93. The molecule has 0 radical (unpaired) electrons. The topological polar surface area (TPSA) is 63.4 Å². The third kappa shape index (κ3) is 2.67. The van der Waals surface area contributed by atoms with Gasteiger partial charge in [0, 0.05) is 22.6 Å². The van der Waals surface area contributed by atoms with Crippen molar-refractivity contribution < 1.29 is 10.0 Å². The zero-order valence-corrected chi connectivity index (χ0v) is 9.23. The van der Waals surface area contributed by atoms with Crippen molar-refractivity contribution in [2.24, 2.45) is 0 Å². The number of nitrogens with zero attached hydrogens (tertiary/aromatic N) is 1. The number of benzene rings is 1. The molecule has 0 spiro atoms. The van der Waals surface area contributed by atoms with Gasteiger partial charge < -0.3 is 5.11 Å². The Balaban J connectivity index is 3.24. The quantitative estimate of drug-likeness (QED) is 0.640. The Morgan fingerprint density at radius 1 is 1.47 bits per heavy atom. The lowest BCUT2D eigenvalue weighted by molar-refractivity contribution is -0.385. The Morgan fingerprint density at radius 3 is 2.53 bits per heavy atom. The summed E-state index contributed by atoms with van der Waals surface area (Å²) in [6.45, 7) is 3.32. The van der Waals surface area contributed by atoms with Gasteiger partial charge >= 0.3 is 0 Å². The Bertz CT molecular complexity index is 379. The molecule has 0 aliphatic heterocycles. The van der Waals surface area contributed by atoms with Crippen LogP contribution in [0.4, 0.5) is 5.69 Å². The van der Waals surface area contributed by atoms with E-state index < -0.39 is 11.0 Å². The van der Waals surface area contributed by atoms with Crippen molar-refractivity contribution in [3.05, 3.63) is 38.9 Å². The molecule has 0 aliphatic rings. The second-order valence-electron chi connectivity index (χ2n) is 3.49. The van der Waals surface area contributed by atoms with Crippen LogP contribution in [0.15, 0.2) is 18.2 Å². The fourth-order valence-electron chi connectivity index (χ4n) is 1.32. The molecule has 1 rings (SSSR count). The average Bonchev–Trinajstić information content (AvgIpc) is 2.15. The molecule has 0 heterocycles. The van der Waals surface area contributed by atoms with Gasteiger partial charge in [-0.25, -0.2) is 0 Å². The van der Waals surface area contributed by atoms with Crippen LogP contribution in [0, 0.1) is 10.1 Å². The SMILES string of the molecule is CC(O)C(C)c1cc(Cl)ccc1[N+](=O)[O-]. The second-order valence-corrected chi connectivity index (χ2v) is 3.93. The van der Waals surface area contributed by atoms with Crippen LogP contribution in [-0.4, -0.2) is 16.1 Å². The van der Waals surface area contributed by atoms with Gasteiger partial charge in [-0.05, 0) is 19.1 Å². The van der Waals surface area contributed by atoms with E-state index >= 15 is 0 Å². The first kappa shape index (κ1) is 11.9. The number of hydrogen-bond acceptors (Lipinski definition) is 3. The molecular weight excluding hydrogens is 218 g/mol. The summed E-state index contributed by atoms with van der Waals surface area (Å²) in [7, 11) is 0. The van der Waals surface area contributed by atoms with Crippen LogP contribution in [0.3, 0.4) is 0 Å². The summed E-state index contributed by atoms with van der Waals surface area (Å²) in [6, 6.07) is 4.35. The maximum Gasteiger partial charge on any atom is 0.273 e. The van der Waals surface area contributed by atoms with Gasteiger partial charge in [-0.1, -0.05) is 18.5 Å². The molecule has 0 bridgehead atoms. The standard InChI is InChI=1S/C10H12ClNO3/c1-6(7(2)13)9-5-8(11)3-4-10(9)12(14)15/h3-7,13H,1-2H3. The number of rotatable bonds is 3. The average molecular weight is 230 g/mol. The number of halogens is 1. The summed E-state index contributed by atoms with van der Waals surface area (Å²) < 4.78 is 0. The van der Waals surface area contributed by atoms with Gasteiger partial charge in [0.2, 0.25) is 0 Å². The van der Waals surface area contributed by atoms with Crippen molar-refractivity contribution in [1.29, 1.82) is 0 Å². The van der Waals surface area contributed by atoms with Crippen molar-refractivity contribution in [3.63, 3.8) is 0 Å². The van der Waals surface area contributed by atoms with Gasteiger partial charge in [-0.2, -0.15) is 0 Å². The summed E-state index contributed by atoms with van der Waals surface area (Å²) in [4.78, 5) is 10.3. The van der Waals surface area contributed by atoms with Crippen LogP contribution in [0.5, 0.6) is 0 Å². The molecule has 5 heteroatoms. The molecule has 0 aromatic heterocycles. The summed E-state index contributed by atoms with van der Waals surface area (Å²) in [5.41, 5.74) is 0.454. The largest absolute Gasteiger partial charge is 0.393 e. The van der Waals surface area contributed by atoms with Gasteiger partial charge in [0.25, 0.3) is 5.69 Å². The molecule has 1 aromatic carbocycles. The molecule has 1 aromatic rings. The van der Waals surface area contributed by atoms with Crippen LogP contribution < -0.4 is 0 Å². The number of aliphatic hydroxyl groups excluding tert-OH is 1. The predicted molar refractivity (Wildman–Crippen MR) is 58.2 cm³/mol. The third-order valence-corrected chi connectivity index (χ3v) is 2.64. The monoisotopic (exact) mass is 229 g/mol. The Hall–Kier alpha value is -1.13. The van der Waals surface area contributed by atoms with Crippen molar-refractivity contribution in [2.75, 3.05) is 0 Å². The van der Waals surface area contributed by atoms with Gasteiger partial charge in [-0.15, -0.1) is 0 Å². The van der Waals surface area contributed by atoms with E-state index in [1.165, 1.54) is 18.2 Å². The van der Waals surface area contributed by atoms with E-state index in [-0.39, 0.29) is 11.6 Å². The summed E-state index contributed by atoms with van der Waals surface area (Å²) in [6.07, 6.45) is -0.651. The normalized spacial score (nSPS) is 14.7. The van der Waals surface area contributed by atoms with Crippen LogP contribution >= 0.6 is 11.6 Å². The van der Waals surface area contributed by atoms with E-state index in [2.05, 4.69) is 0 Å². The van der Waals surface area contributed by atoms with E-state index in [0.29, 0.717) is 10.6 Å². The summed E-state index contributed by atoms with van der Waals surface area (Å²) in [5.74, 6) is -0.316. The van der Waals surface area contributed by atoms with Crippen LogP contribution in [-0.2, 0) is 0 Å². The molecule has 0 saturated carbocycles. The van der Waals surface area contributed by atoms with Crippen molar-refractivity contribution in [2.45, 2.75) is 25.9 Å². The smallest absolute Gasteiger partial charge is 0.273 e. The fraction of sp³-hybridized carbons (Fsp3) is 0.400. The minimum Gasteiger partial charge on any atom is -0.393 e. The molecule has 0 saturated heterocycles. The number of nitro groups is 1. The molecule has 0 amide bonds.